The minimum absolute atomic E-state index is 0.112. The number of hydrogen-bond acceptors (Lipinski definition) is 8. The zero-order valence-corrected chi connectivity index (χ0v) is 29.2. The highest BCUT2D eigenvalue weighted by atomic mass is 32.2. The van der Waals surface area contributed by atoms with E-state index in [1.54, 1.807) is 38.3 Å². The first kappa shape index (κ1) is 36.1. The molecular weight excluding hydrogens is 651 g/mol. The summed E-state index contributed by atoms with van der Waals surface area (Å²) in [5.74, 6) is -0.537. The predicted molar refractivity (Wildman–Crippen MR) is 190 cm³/mol. The van der Waals surface area contributed by atoms with Crippen LogP contribution in [0, 0.1) is 0 Å². The van der Waals surface area contributed by atoms with Crippen LogP contribution >= 0.6 is 11.3 Å². The Morgan fingerprint density at radius 2 is 1.54 bits per heavy atom. The normalized spacial score (nSPS) is 13.1. The molecule has 0 bridgehead atoms. The zero-order valence-electron chi connectivity index (χ0n) is 27.5. The van der Waals surface area contributed by atoms with Gasteiger partial charge in [0.15, 0.2) is 0 Å². The summed E-state index contributed by atoms with van der Waals surface area (Å²) in [4.78, 5) is 40.1. The van der Waals surface area contributed by atoms with E-state index in [2.05, 4.69) is 21.3 Å². The third-order valence-corrected chi connectivity index (χ3v) is 9.71. The summed E-state index contributed by atoms with van der Waals surface area (Å²) in [6.07, 6.45) is 1.52. The van der Waals surface area contributed by atoms with Crippen LogP contribution in [0.2, 0.25) is 0 Å². The van der Waals surface area contributed by atoms with Gasteiger partial charge < -0.3 is 26.0 Å². The van der Waals surface area contributed by atoms with Gasteiger partial charge in [-0.05, 0) is 90.7 Å². The van der Waals surface area contributed by atoms with E-state index in [1.807, 2.05) is 54.1 Å². The zero-order chi connectivity index (χ0) is 34.8. The summed E-state index contributed by atoms with van der Waals surface area (Å²) in [6, 6.07) is 21.3. The highest BCUT2D eigenvalue weighted by molar-refractivity contribution is 7.92. The fourth-order valence-electron chi connectivity index (χ4n) is 4.82. The molecule has 1 aromatic heterocycles. The number of amides is 3. The van der Waals surface area contributed by atoms with E-state index in [-0.39, 0.29) is 35.3 Å². The lowest BCUT2D eigenvalue weighted by atomic mass is 10.0. The molecule has 48 heavy (non-hydrogen) atoms. The van der Waals surface area contributed by atoms with Gasteiger partial charge in [-0.2, -0.15) is 11.3 Å². The van der Waals surface area contributed by atoms with Crippen LogP contribution < -0.4 is 30.3 Å². The number of sulfonamides is 1. The van der Waals surface area contributed by atoms with E-state index in [0.29, 0.717) is 17.9 Å². The molecule has 3 amide bonds. The Morgan fingerprint density at radius 3 is 2.12 bits per heavy atom. The summed E-state index contributed by atoms with van der Waals surface area (Å²) in [5, 5.41) is 16.0. The lowest BCUT2D eigenvalue weighted by molar-refractivity contribution is -0.117. The molecule has 13 heteroatoms. The van der Waals surface area contributed by atoms with Crippen LogP contribution in [0.3, 0.4) is 0 Å². The van der Waals surface area contributed by atoms with Gasteiger partial charge in [-0.1, -0.05) is 30.3 Å². The fourth-order valence-corrected chi connectivity index (χ4v) is 5.99. The number of anilines is 2. The van der Waals surface area contributed by atoms with Crippen LogP contribution in [0.4, 0.5) is 11.4 Å². The van der Waals surface area contributed by atoms with E-state index in [4.69, 9.17) is 4.74 Å². The van der Waals surface area contributed by atoms with Crippen molar-refractivity contribution < 1.29 is 27.5 Å². The first-order valence-electron chi connectivity index (χ1n) is 15.3. The number of nitrogens with zero attached hydrogens (tertiary/aromatic N) is 1. The van der Waals surface area contributed by atoms with Crippen molar-refractivity contribution in [2.45, 2.75) is 38.4 Å². The summed E-state index contributed by atoms with van der Waals surface area (Å²) in [7, 11) is -0.768. The Balaban J connectivity index is 1.53. The van der Waals surface area contributed by atoms with Gasteiger partial charge in [0, 0.05) is 36.4 Å². The molecule has 4 aromatic rings. The molecule has 1 heterocycles. The lowest BCUT2D eigenvalue weighted by Crippen LogP contribution is -2.48. The van der Waals surface area contributed by atoms with Crippen molar-refractivity contribution in [1.82, 2.24) is 16.0 Å². The smallest absolute Gasteiger partial charge is 0.251 e. The Labute approximate surface area is 285 Å². The molecule has 0 aliphatic rings. The second kappa shape index (κ2) is 16.4. The van der Waals surface area contributed by atoms with Crippen molar-refractivity contribution in [2.75, 3.05) is 36.6 Å². The molecule has 0 fully saturated rings. The van der Waals surface area contributed by atoms with Crippen molar-refractivity contribution in [2.24, 2.45) is 0 Å². The molecule has 0 unspecified atom stereocenters. The number of carbonyl (C=O) groups is 3. The van der Waals surface area contributed by atoms with Crippen molar-refractivity contribution in [1.29, 1.82) is 0 Å². The second-order valence-electron chi connectivity index (χ2n) is 11.5. The maximum absolute atomic E-state index is 13.8. The molecule has 0 radical (unpaired) electrons. The number of ether oxygens (including phenoxy) is 1. The molecule has 0 spiro atoms. The van der Waals surface area contributed by atoms with Crippen molar-refractivity contribution in [3.05, 3.63) is 112 Å². The first-order chi connectivity index (χ1) is 22.8. The van der Waals surface area contributed by atoms with Gasteiger partial charge in [0.05, 0.1) is 31.1 Å². The number of nitrogens with one attached hydrogen (secondary N) is 4. The van der Waals surface area contributed by atoms with Gasteiger partial charge in [0.25, 0.3) is 11.8 Å². The molecule has 0 saturated carbocycles. The highest BCUT2D eigenvalue weighted by Gasteiger charge is 2.23. The Morgan fingerprint density at radius 1 is 0.896 bits per heavy atom. The molecule has 0 aliphatic carbocycles. The van der Waals surface area contributed by atoms with Gasteiger partial charge in [-0.3, -0.25) is 18.7 Å². The quantitative estimate of drug-likeness (QED) is 0.143. The van der Waals surface area contributed by atoms with Crippen LogP contribution in [0.25, 0.3) is 0 Å². The van der Waals surface area contributed by atoms with E-state index in [0.717, 1.165) is 21.7 Å². The minimum Gasteiger partial charge on any atom is -0.497 e. The van der Waals surface area contributed by atoms with Crippen LogP contribution in [-0.4, -0.2) is 65.2 Å². The Kier molecular flexibility index (Phi) is 12.3. The number of thiophene rings is 1. The average Bonchev–Trinajstić information content (AvgIpc) is 3.59. The highest BCUT2D eigenvalue weighted by Crippen LogP contribution is 2.22. The number of methoxy groups -OCH3 is 1. The molecule has 0 aliphatic heterocycles. The topological polar surface area (TPSA) is 146 Å². The number of carbonyl (C=O) groups excluding carboxylic acids is 3. The number of hydrogen-bond donors (Lipinski definition) is 4. The lowest BCUT2D eigenvalue weighted by Gasteiger charge is -2.23. The van der Waals surface area contributed by atoms with Crippen LogP contribution in [0.15, 0.2) is 89.6 Å². The molecule has 4 rings (SSSR count). The maximum Gasteiger partial charge on any atom is 0.251 e. The average molecular weight is 692 g/mol. The van der Waals surface area contributed by atoms with Crippen molar-refractivity contribution in [3.8, 4) is 5.75 Å². The van der Waals surface area contributed by atoms with E-state index in [1.165, 1.54) is 36.6 Å². The number of rotatable bonds is 15. The Bertz CT molecular complexity index is 1800. The molecule has 254 valence electrons. The third kappa shape index (κ3) is 10.1. The van der Waals surface area contributed by atoms with E-state index >= 15 is 0 Å². The maximum atomic E-state index is 13.8. The van der Waals surface area contributed by atoms with Gasteiger partial charge >= 0.3 is 0 Å². The largest absolute Gasteiger partial charge is 0.497 e. The van der Waals surface area contributed by atoms with E-state index in [9.17, 15) is 22.8 Å². The molecule has 11 nitrogen and oxygen atoms in total. The molecule has 0 saturated heterocycles. The Hall–Kier alpha value is -4.72. The summed E-state index contributed by atoms with van der Waals surface area (Å²) < 4.78 is 31.1. The summed E-state index contributed by atoms with van der Waals surface area (Å²) >= 11 is 1.53. The molecule has 3 atom stereocenters. The third-order valence-electron chi connectivity index (χ3n) is 7.77. The minimum atomic E-state index is -3.70. The first-order valence-corrected chi connectivity index (χ1v) is 18.1. The second-order valence-corrected chi connectivity index (χ2v) is 14.3. The molecule has 4 N–H and O–H groups in total. The van der Waals surface area contributed by atoms with Crippen molar-refractivity contribution in [3.63, 3.8) is 0 Å². The SMILES string of the molecule is COc1ccc(NC(=O)[C@H](C)NC[C@H](Cc2ccsc2)NC(=O)c2cc(C(=O)N[C@H](C)c3ccccc3)cc(N(C)S(C)(=O)=O)c2)cc1. The van der Waals surface area contributed by atoms with E-state index < -0.39 is 33.9 Å². The van der Waals surface area contributed by atoms with Crippen LogP contribution in [0.1, 0.15) is 51.7 Å². The van der Waals surface area contributed by atoms with Crippen LogP contribution in [-0.2, 0) is 21.2 Å². The fraction of sp³-hybridized carbons (Fsp3) is 0.286. The monoisotopic (exact) mass is 691 g/mol. The van der Waals surface area contributed by atoms with Crippen molar-refractivity contribution >= 4 is 50.5 Å². The van der Waals surface area contributed by atoms with Gasteiger partial charge in [-0.25, -0.2) is 8.42 Å². The predicted octanol–water partition coefficient (Wildman–Crippen LogP) is 4.60. The summed E-state index contributed by atoms with van der Waals surface area (Å²) in [6.45, 7) is 3.82. The summed E-state index contributed by atoms with van der Waals surface area (Å²) in [5.41, 5.74) is 2.92. The van der Waals surface area contributed by atoms with Gasteiger partial charge in [0.2, 0.25) is 15.9 Å². The molecular formula is C35H41N5O6S2. The van der Waals surface area contributed by atoms with Crippen LogP contribution in [0.5, 0.6) is 5.75 Å². The van der Waals surface area contributed by atoms with Gasteiger partial charge in [0.1, 0.15) is 5.75 Å². The number of benzene rings is 3. The van der Waals surface area contributed by atoms with Gasteiger partial charge in [-0.15, -0.1) is 0 Å². The molecule has 3 aromatic carbocycles. The standard InChI is InChI=1S/C35H41N5O6S2/c1-23(26-9-7-6-8-10-26)37-34(42)27-18-28(20-31(19-27)40(3)48(5,44)45)35(43)39-30(17-25-15-16-47-22-25)21-36-24(2)33(41)38-29-11-13-32(46-4)14-12-29/h6-16,18-20,22-24,30,36H,17,21H2,1-5H3,(H,37,42)(H,38,41)(H,39,43)/t23-,24+,30+/m1/s1.